The number of carbonyl (C=O) groups excluding carboxylic acids is 1. The molecule has 0 bridgehead atoms. The van der Waals surface area contributed by atoms with Crippen molar-refractivity contribution >= 4 is 17.5 Å². The quantitative estimate of drug-likeness (QED) is 0.358. The zero-order chi connectivity index (χ0) is 18.8. The van der Waals surface area contributed by atoms with Crippen LogP contribution in [0.3, 0.4) is 0 Å². The van der Waals surface area contributed by atoms with E-state index < -0.39 is 6.10 Å². The molecule has 4 rings (SSSR count). The summed E-state index contributed by atoms with van der Waals surface area (Å²) in [7, 11) is 0. The SMILES string of the molecule is CCSc1cccc2c1O[C@H]1C[C@@H](O)[C@H](/C=C/C(=O)CC3CCCCC3)[C@@H]21.[Ac]. The van der Waals surface area contributed by atoms with Crippen molar-refractivity contribution in [1.29, 1.82) is 0 Å². The Labute approximate surface area is 208 Å². The third-order valence-corrected chi connectivity index (χ3v) is 7.31. The molecule has 1 aliphatic heterocycles. The Kier molecular flexibility index (Phi) is 8.55. The molecule has 5 heteroatoms. The molecule has 0 aromatic heterocycles. The van der Waals surface area contributed by atoms with E-state index in [9.17, 15) is 9.90 Å². The molecular weight excluding hydrogens is 583 g/mol. The van der Waals surface area contributed by atoms with Crippen molar-refractivity contribution in [3.05, 3.63) is 35.9 Å². The zero-order valence-electron chi connectivity index (χ0n) is 16.7. The monoisotopic (exact) mass is 613 g/mol. The third-order valence-electron chi connectivity index (χ3n) is 6.39. The van der Waals surface area contributed by atoms with E-state index in [0.29, 0.717) is 18.8 Å². The summed E-state index contributed by atoms with van der Waals surface area (Å²) >= 11 is 1.80. The van der Waals surface area contributed by atoms with Gasteiger partial charge in [0.25, 0.3) is 0 Å². The van der Waals surface area contributed by atoms with Gasteiger partial charge in [0.05, 0.1) is 6.10 Å². The maximum atomic E-state index is 12.4. The summed E-state index contributed by atoms with van der Waals surface area (Å²) < 4.78 is 6.24. The van der Waals surface area contributed by atoms with Gasteiger partial charge in [-0.2, -0.15) is 0 Å². The minimum atomic E-state index is -0.436. The first-order valence-electron chi connectivity index (χ1n) is 10.5. The molecule has 1 N–H and O–H groups in total. The van der Waals surface area contributed by atoms with Gasteiger partial charge < -0.3 is 9.84 Å². The van der Waals surface area contributed by atoms with E-state index in [4.69, 9.17) is 4.74 Å². The number of carbonyl (C=O) groups is 1. The number of ketones is 1. The number of rotatable bonds is 6. The van der Waals surface area contributed by atoms with E-state index in [1.54, 1.807) is 17.8 Å². The number of aliphatic hydroxyl groups excluding tert-OH is 1. The Balaban J connectivity index is 0.00000225. The van der Waals surface area contributed by atoms with Crippen LogP contribution in [0, 0.1) is 55.9 Å². The van der Waals surface area contributed by atoms with Crippen LogP contribution in [0.15, 0.2) is 35.2 Å². The van der Waals surface area contributed by atoms with E-state index in [1.165, 1.54) is 42.6 Å². The molecule has 149 valence electrons. The number of aliphatic hydroxyl groups is 1. The molecule has 1 heterocycles. The fourth-order valence-electron chi connectivity index (χ4n) is 5.11. The van der Waals surface area contributed by atoms with Crippen molar-refractivity contribution in [3.63, 3.8) is 0 Å². The van der Waals surface area contributed by atoms with Gasteiger partial charge in [0, 0.05) is 79.2 Å². The summed E-state index contributed by atoms with van der Waals surface area (Å²) in [6.07, 6.45) is 10.8. The summed E-state index contributed by atoms with van der Waals surface area (Å²) in [5.41, 5.74) is 1.20. The van der Waals surface area contributed by atoms with Crippen molar-refractivity contribution < 1.29 is 58.7 Å². The standard InChI is InChI=1S/C23H30O3S.Ac/c1-2-27-21-10-6-9-18-22-17(19(25)14-20(22)26-23(18)21)12-11-16(24)13-15-7-4-3-5-8-15;/h6,9-12,15,17,19-20,22,25H,2-5,7-8,13-14H2,1H3;/b12-11+;/t17-,19+,20-,22-;/m0./s1. The number of hydrogen-bond acceptors (Lipinski definition) is 4. The minimum Gasteiger partial charge on any atom is -0.488 e. The predicted molar refractivity (Wildman–Crippen MR) is 109 cm³/mol. The van der Waals surface area contributed by atoms with Crippen LogP contribution >= 0.6 is 11.8 Å². The van der Waals surface area contributed by atoms with Gasteiger partial charge in [-0.1, -0.05) is 57.2 Å². The van der Waals surface area contributed by atoms with E-state index in [1.807, 2.05) is 6.08 Å². The first-order chi connectivity index (χ1) is 13.2. The van der Waals surface area contributed by atoms with Crippen molar-refractivity contribution in [1.82, 2.24) is 0 Å². The number of thioether (sulfide) groups is 1. The summed E-state index contributed by atoms with van der Waals surface area (Å²) in [6, 6.07) is 6.33. The van der Waals surface area contributed by atoms with Crippen molar-refractivity contribution in [2.24, 2.45) is 11.8 Å². The fraction of sp³-hybridized carbons (Fsp3) is 0.609. The normalized spacial score (nSPS) is 29.2. The Hall–Kier alpha value is 0.182. The summed E-state index contributed by atoms with van der Waals surface area (Å²) in [5.74, 6) is 2.91. The molecule has 1 radical (unpaired) electrons. The van der Waals surface area contributed by atoms with Gasteiger partial charge in [0.1, 0.15) is 11.9 Å². The minimum absolute atomic E-state index is 0. The van der Waals surface area contributed by atoms with Crippen molar-refractivity contribution in [3.8, 4) is 5.75 Å². The molecule has 2 aliphatic carbocycles. The largest absolute Gasteiger partial charge is 0.488 e. The third kappa shape index (κ3) is 4.90. The summed E-state index contributed by atoms with van der Waals surface area (Å²) in [6.45, 7) is 2.15. The molecule has 28 heavy (non-hydrogen) atoms. The number of fused-ring (bicyclic) bond motifs is 3. The van der Waals surface area contributed by atoms with Crippen LogP contribution in [-0.2, 0) is 4.79 Å². The molecule has 4 atom stereocenters. The zero-order valence-corrected chi connectivity index (χ0v) is 22.2. The van der Waals surface area contributed by atoms with Gasteiger partial charge >= 0.3 is 0 Å². The van der Waals surface area contributed by atoms with Crippen LogP contribution in [-0.4, -0.2) is 28.9 Å². The molecule has 2 fully saturated rings. The van der Waals surface area contributed by atoms with Crippen LogP contribution in [0.5, 0.6) is 5.75 Å². The maximum Gasteiger partial charge on any atom is 0.155 e. The Morgan fingerprint density at radius 3 is 2.82 bits per heavy atom. The molecule has 1 aromatic carbocycles. The van der Waals surface area contributed by atoms with E-state index in [0.717, 1.165) is 11.5 Å². The summed E-state index contributed by atoms with van der Waals surface area (Å²) in [5, 5.41) is 10.6. The number of ether oxygens (including phenoxy) is 1. The van der Waals surface area contributed by atoms with Crippen LogP contribution in [0.25, 0.3) is 0 Å². The van der Waals surface area contributed by atoms with Gasteiger partial charge in [-0.15, -0.1) is 11.8 Å². The Morgan fingerprint density at radius 1 is 1.29 bits per heavy atom. The Morgan fingerprint density at radius 2 is 2.07 bits per heavy atom. The second-order valence-corrected chi connectivity index (χ2v) is 9.51. The fourth-order valence-corrected chi connectivity index (χ4v) is 5.89. The molecule has 0 spiro atoms. The first-order valence-corrected chi connectivity index (χ1v) is 11.5. The number of para-hydroxylation sites is 1. The first kappa shape index (κ1) is 22.9. The maximum absolute atomic E-state index is 12.4. The van der Waals surface area contributed by atoms with Gasteiger partial charge in [-0.3, -0.25) is 4.79 Å². The van der Waals surface area contributed by atoms with Crippen LogP contribution < -0.4 is 4.74 Å². The number of benzene rings is 1. The average molecular weight is 614 g/mol. The predicted octanol–water partition coefficient (Wildman–Crippen LogP) is 5.12. The number of hydrogen-bond donors (Lipinski definition) is 1. The van der Waals surface area contributed by atoms with Crippen LogP contribution in [0.2, 0.25) is 0 Å². The second kappa shape index (κ2) is 10.5. The van der Waals surface area contributed by atoms with Gasteiger partial charge in [0.2, 0.25) is 0 Å². The smallest absolute Gasteiger partial charge is 0.155 e. The molecule has 0 saturated heterocycles. The second-order valence-electron chi connectivity index (χ2n) is 8.20. The van der Waals surface area contributed by atoms with Crippen molar-refractivity contribution in [2.45, 2.75) is 74.9 Å². The average Bonchev–Trinajstić information content (AvgIpc) is 3.17. The van der Waals surface area contributed by atoms with E-state index in [-0.39, 0.29) is 67.8 Å². The molecule has 3 nitrogen and oxygen atoms in total. The van der Waals surface area contributed by atoms with E-state index in [2.05, 4.69) is 25.1 Å². The Bertz CT molecular complexity index is 714. The molecule has 1 aromatic rings. The summed E-state index contributed by atoms with van der Waals surface area (Å²) in [4.78, 5) is 13.6. The van der Waals surface area contributed by atoms with Crippen LogP contribution in [0.4, 0.5) is 0 Å². The van der Waals surface area contributed by atoms with Crippen molar-refractivity contribution in [2.75, 3.05) is 5.75 Å². The molecule has 2 saturated carbocycles. The molecular formula is C23H30AcO3S. The molecule has 0 unspecified atom stereocenters. The van der Waals surface area contributed by atoms with Gasteiger partial charge in [-0.05, 0) is 23.8 Å². The molecule has 0 amide bonds. The van der Waals surface area contributed by atoms with Gasteiger partial charge in [0.15, 0.2) is 5.78 Å². The van der Waals surface area contributed by atoms with Crippen LogP contribution in [0.1, 0.15) is 63.4 Å². The van der Waals surface area contributed by atoms with Gasteiger partial charge in [-0.25, -0.2) is 0 Å². The topological polar surface area (TPSA) is 46.5 Å². The molecule has 3 aliphatic rings. The number of allylic oxidation sites excluding steroid dienone is 1. The van der Waals surface area contributed by atoms with E-state index >= 15 is 0 Å².